The molecule has 0 heterocycles. The van der Waals surface area contributed by atoms with Gasteiger partial charge in [-0.2, -0.15) is 0 Å². The summed E-state index contributed by atoms with van der Waals surface area (Å²) >= 11 is 0. The summed E-state index contributed by atoms with van der Waals surface area (Å²) in [6.45, 7) is 1.33. The zero-order valence-corrected chi connectivity index (χ0v) is 8.77. The molecule has 5 N–H and O–H groups in total. The molecule has 15 heavy (non-hydrogen) atoms. The summed E-state index contributed by atoms with van der Waals surface area (Å²) in [5.74, 6) is -1.81. The molecule has 6 heteroatoms. The highest BCUT2D eigenvalue weighted by molar-refractivity contribution is 5.86. The number of hydrogen-bond donors (Lipinski definition) is 4. The van der Waals surface area contributed by atoms with Gasteiger partial charge < -0.3 is 21.3 Å². The maximum atomic E-state index is 11.3. The fourth-order valence-corrected chi connectivity index (χ4v) is 1.02. The molecule has 1 amide bonds. The highest BCUT2D eigenvalue weighted by atomic mass is 16.4. The van der Waals surface area contributed by atoms with Gasteiger partial charge in [0.1, 0.15) is 6.04 Å². The van der Waals surface area contributed by atoms with Gasteiger partial charge >= 0.3 is 5.97 Å². The number of unbranched alkanes of at least 4 members (excludes halogenated alkanes) is 1. The summed E-state index contributed by atoms with van der Waals surface area (Å²) in [6, 6.07) is -1.98. The summed E-state index contributed by atoms with van der Waals surface area (Å²) in [6.07, 6.45) is 2.24. The molecule has 0 spiro atoms. The first-order valence-corrected chi connectivity index (χ1v) is 4.92. The van der Waals surface area contributed by atoms with Crippen LogP contribution in [0.1, 0.15) is 26.2 Å². The normalized spacial score (nSPS) is 14.3. The van der Waals surface area contributed by atoms with Crippen molar-refractivity contribution in [1.82, 2.24) is 5.32 Å². The number of carbonyl (C=O) groups is 2. The largest absolute Gasteiger partial charge is 0.480 e. The van der Waals surface area contributed by atoms with Gasteiger partial charge in [0.15, 0.2) is 0 Å². The number of aliphatic hydroxyl groups excluding tert-OH is 1. The number of carboxylic acid groups (broad SMARTS) is 1. The molecule has 88 valence electrons. The molecule has 6 nitrogen and oxygen atoms in total. The molecule has 0 saturated heterocycles. The van der Waals surface area contributed by atoms with Gasteiger partial charge in [0.2, 0.25) is 5.91 Å². The van der Waals surface area contributed by atoms with Crippen molar-refractivity contribution in [1.29, 1.82) is 0 Å². The summed E-state index contributed by atoms with van der Waals surface area (Å²) in [5, 5.41) is 19.4. The number of nitrogens with two attached hydrogens (primary N) is 1. The van der Waals surface area contributed by atoms with Crippen molar-refractivity contribution in [2.24, 2.45) is 5.73 Å². The van der Waals surface area contributed by atoms with Crippen molar-refractivity contribution in [3.63, 3.8) is 0 Å². The van der Waals surface area contributed by atoms with E-state index in [0.29, 0.717) is 6.42 Å². The van der Waals surface area contributed by atoms with E-state index in [1.807, 2.05) is 6.92 Å². The topological polar surface area (TPSA) is 113 Å². The number of carboxylic acids is 1. The molecule has 0 aromatic carbocycles. The minimum Gasteiger partial charge on any atom is -0.480 e. The van der Waals surface area contributed by atoms with E-state index in [9.17, 15) is 9.59 Å². The second-order valence-corrected chi connectivity index (χ2v) is 3.33. The van der Waals surface area contributed by atoms with Crippen LogP contribution in [-0.2, 0) is 9.59 Å². The Morgan fingerprint density at radius 3 is 2.47 bits per heavy atom. The van der Waals surface area contributed by atoms with Crippen molar-refractivity contribution in [2.45, 2.75) is 38.3 Å². The lowest BCUT2D eigenvalue weighted by Crippen LogP contribution is -2.49. The van der Waals surface area contributed by atoms with E-state index >= 15 is 0 Å². The van der Waals surface area contributed by atoms with Crippen LogP contribution in [-0.4, -0.2) is 40.8 Å². The third-order valence-electron chi connectivity index (χ3n) is 2.00. The zero-order valence-electron chi connectivity index (χ0n) is 8.77. The number of nitrogens with one attached hydrogen (secondary N) is 1. The standard InChI is InChI=1S/C9H18N2O4/c1-2-3-4-6(10)8(13)11-7(5-12)9(14)15/h6-7,12H,2-5,10H2,1H3,(H,11,13)(H,14,15)/t6?,7-/m0/s1. The van der Waals surface area contributed by atoms with Crippen LogP contribution >= 0.6 is 0 Å². The number of hydrogen-bond acceptors (Lipinski definition) is 4. The fourth-order valence-electron chi connectivity index (χ4n) is 1.02. The van der Waals surface area contributed by atoms with Crippen LogP contribution in [0.15, 0.2) is 0 Å². The van der Waals surface area contributed by atoms with Crippen LogP contribution < -0.4 is 11.1 Å². The molecule has 0 aliphatic rings. The summed E-state index contributed by atoms with van der Waals surface area (Å²) in [4.78, 5) is 21.8. The molecule has 0 fully saturated rings. The van der Waals surface area contributed by atoms with Gasteiger partial charge in [-0.3, -0.25) is 4.79 Å². The molecule has 0 bridgehead atoms. The number of amides is 1. The zero-order chi connectivity index (χ0) is 11.8. The summed E-state index contributed by atoms with van der Waals surface area (Å²) in [5.41, 5.74) is 5.52. The molecular formula is C9H18N2O4. The van der Waals surface area contributed by atoms with Gasteiger partial charge in [-0.25, -0.2) is 4.79 Å². The Morgan fingerprint density at radius 2 is 2.07 bits per heavy atom. The van der Waals surface area contributed by atoms with Gasteiger partial charge in [0.25, 0.3) is 0 Å². The lowest BCUT2D eigenvalue weighted by Gasteiger charge is -2.15. The van der Waals surface area contributed by atoms with E-state index in [1.54, 1.807) is 0 Å². The Morgan fingerprint density at radius 1 is 1.47 bits per heavy atom. The lowest BCUT2D eigenvalue weighted by atomic mass is 10.1. The highest BCUT2D eigenvalue weighted by Gasteiger charge is 2.21. The summed E-state index contributed by atoms with van der Waals surface area (Å²) in [7, 11) is 0. The molecule has 0 aliphatic heterocycles. The number of rotatable bonds is 7. The van der Waals surface area contributed by atoms with Crippen LogP contribution in [0, 0.1) is 0 Å². The Balaban J connectivity index is 4.04. The molecule has 0 aliphatic carbocycles. The van der Waals surface area contributed by atoms with Crippen LogP contribution in [0.2, 0.25) is 0 Å². The van der Waals surface area contributed by atoms with E-state index in [0.717, 1.165) is 12.8 Å². The van der Waals surface area contributed by atoms with Crippen LogP contribution in [0.5, 0.6) is 0 Å². The smallest absolute Gasteiger partial charge is 0.328 e. The minimum absolute atomic E-state index is 0.514. The molecule has 0 saturated carbocycles. The van der Waals surface area contributed by atoms with Crippen LogP contribution in [0.4, 0.5) is 0 Å². The first kappa shape index (κ1) is 13.9. The predicted octanol–water partition coefficient (Wildman–Crippen LogP) is -0.934. The SMILES string of the molecule is CCCCC(N)C(=O)N[C@@H](CO)C(=O)O. The van der Waals surface area contributed by atoms with Gasteiger partial charge in [-0.05, 0) is 6.42 Å². The second-order valence-electron chi connectivity index (χ2n) is 3.33. The average Bonchev–Trinajstić information content (AvgIpc) is 2.21. The van der Waals surface area contributed by atoms with Crippen molar-refractivity contribution < 1.29 is 19.8 Å². The minimum atomic E-state index is -1.27. The quantitative estimate of drug-likeness (QED) is 0.441. The average molecular weight is 218 g/mol. The number of aliphatic carboxylic acids is 1. The van der Waals surface area contributed by atoms with Crippen LogP contribution in [0.3, 0.4) is 0 Å². The first-order chi connectivity index (χ1) is 7.02. The molecule has 0 aromatic heterocycles. The molecular weight excluding hydrogens is 200 g/mol. The molecule has 0 radical (unpaired) electrons. The predicted molar refractivity (Wildman–Crippen MR) is 54.2 cm³/mol. The van der Waals surface area contributed by atoms with Gasteiger partial charge in [-0.1, -0.05) is 19.8 Å². The molecule has 2 atom stereocenters. The maximum Gasteiger partial charge on any atom is 0.328 e. The molecule has 0 rings (SSSR count). The molecule has 0 aromatic rings. The van der Waals surface area contributed by atoms with Crippen molar-refractivity contribution in [3.8, 4) is 0 Å². The first-order valence-electron chi connectivity index (χ1n) is 4.92. The maximum absolute atomic E-state index is 11.3. The van der Waals surface area contributed by atoms with Crippen molar-refractivity contribution in [2.75, 3.05) is 6.61 Å². The van der Waals surface area contributed by atoms with Crippen molar-refractivity contribution >= 4 is 11.9 Å². The lowest BCUT2D eigenvalue weighted by molar-refractivity contribution is -0.143. The van der Waals surface area contributed by atoms with E-state index in [4.69, 9.17) is 15.9 Å². The van der Waals surface area contributed by atoms with Crippen LogP contribution in [0.25, 0.3) is 0 Å². The number of carbonyl (C=O) groups excluding carboxylic acids is 1. The van der Waals surface area contributed by atoms with E-state index in [-0.39, 0.29) is 0 Å². The Bertz CT molecular complexity index is 220. The monoisotopic (exact) mass is 218 g/mol. The second kappa shape index (κ2) is 7.19. The Labute approximate surface area is 88.5 Å². The van der Waals surface area contributed by atoms with Gasteiger partial charge in [0, 0.05) is 0 Å². The Hall–Kier alpha value is -1.14. The third kappa shape index (κ3) is 5.34. The van der Waals surface area contributed by atoms with E-state index in [1.165, 1.54) is 0 Å². The van der Waals surface area contributed by atoms with Gasteiger partial charge in [0.05, 0.1) is 12.6 Å². The van der Waals surface area contributed by atoms with E-state index in [2.05, 4.69) is 5.32 Å². The fraction of sp³-hybridized carbons (Fsp3) is 0.778. The highest BCUT2D eigenvalue weighted by Crippen LogP contribution is 1.98. The third-order valence-corrected chi connectivity index (χ3v) is 2.00. The summed E-state index contributed by atoms with van der Waals surface area (Å²) < 4.78 is 0. The Kier molecular flexibility index (Phi) is 6.64. The number of aliphatic hydroxyl groups is 1. The van der Waals surface area contributed by atoms with E-state index < -0.39 is 30.6 Å². The molecule has 1 unspecified atom stereocenters. The van der Waals surface area contributed by atoms with Crippen molar-refractivity contribution in [3.05, 3.63) is 0 Å². The van der Waals surface area contributed by atoms with Gasteiger partial charge in [-0.15, -0.1) is 0 Å².